The van der Waals surface area contributed by atoms with Gasteiger partial charge in [-0.3, -0.25) is 0 Å². The van der Waals surface area contributed by atoms with Crippen molar-refractivity contribution in [1.82, 2.24) is 4.90 Å². The van der Waals surface area contributed by atoms with Gasteiger partial charge in [-0.25, -0.2) is 0 Å². The molecule has 1 saturated heterocycles. The summed E-state index contributed by atoms with van der Waals surface area (Å²) in [5.41, 5.74) is 0.409. The Hall–Kier alpha value is 0.270. The molecule has 0 aromatic carbocycles. The van der Waals surface area contributed by atoms with Gasteiger partial charge < -0.3 is 10.0 Å². The van der Waals surface area contributed by atoms with E-state index in [-0.39, 0.29) is 6.10 Å². The molecule has 0 radical (unpaired) electrons. The Morgan fingerprint density at radius 2 is 1.65 bits per heavy atom. The summed E-state index contributed by atoms with van der Waals surface area (Å²) in [5, 5.41) is 9.98. The number of hydrogen-bond donors (Lipinski definition) is 1. The molecule has 0 aromatic heterocycles. The summed E-state index contributed by atoms with van der Waals surface area (Å²) >= 11 is 2.08. The Labute approximate surface area is 130 Å². The minimum atomic E-state index is -0.0660. The van der Waals surface area contributed by atoms with Crippen LogP contribution in [0.25, 0.3) is 0 Å². The Morgan fingerprint density at radius 3 is 2.30 bits per heavy atom. The lowest BCUT2D eigenvalue weighted by Crippen LogP contribution is -2.33. The number of hydrogen-bond acceptors (Lipinski definition) is 3. The summed E-state index contributed by atoms with van der Waals surface area (Å²) in [4.78, 5) is 2.59. The molecule has 20 heavy (non-hydrogen) atoms. The van der Waals surface area contributed by atoms with Gasteiger partial charge in [0.15, 0.2) is 0 Å². The number of unbranched alkanes of at least 4 members (excludes halogenated alkanes) is 2. The third-order valence-corrected chi connectivity index (χ3v) is 5.02. The van der Waals surface area contributed by atoms with Crippen molar-refractivity contribution in [2.24, 2.45) is 5.41 Å². The molecule has 1 heterocycles. The van der Waals surface area contributed by atoms with Crippen LogP contribution in [0.4, 0.5) is 0 Å². The van der Waals surface area contributed by atoms with E-state index in [0.29, 0.717) is 5.41 Å². The zero-order valence-electron chi connectivity index (χ0n) is 13.9. The van der Waals surface area contributed by atoms with E-state index in [1.54, 1.807) is 0 Å². The quantitative estimate of drug-likeness (QED) is 0.646. The highest BCUT2D eigenvalue weighted by atomic mass is 32.2. The molecule has 0 spiro atoms. The smallest absolute Gasteiger partial charge is 0.0540 e. The SMILES string of the molecule is CC(C)(C)CCC[C@H](O)CCCCCN1CCSCC1. The van der Waals surface area contributed by atoms with E-state index >= 15 is 0 Å². The third kappa shape index (κ3) is 10.1. The molecule has 0 aromatic rings. The van der Waals surface area contributed by atoms with Crippen LogP contribution in [0, 0.1) is 5.41 Å². The fourth-order valence-electron chi connectivity index (χ4n) is 2.73. The minimum absolute atomic E-state index is 0.0660. The van der Waals surface area contributed by atoms with Crippen molar-refractivity contribution in [2.45, 2.75) is 71.8 Å². The van der Waals surface area contributed by atoms with Crippen LogP contribution in [-0.2, 0) is 0 Å². The molecule has 1 aliphatic heterocycles. The maximum atomic E-state index is 9.98. The van der Waals surface area contributed by atoms with Gasteiger partial charge in [-0.05, 0) is 37.6 Å². The van der Waals surface area contributed by atoms with Crippen molar-refractivity contribution in [1.29, 1.82) is 0 Å². The first-order chi connectivity index (χ1) is 9.47. The van der Waals surface area contributed by atoms with E-state index in [0.717, 1.165) is 19.3 Å². The van der Waals surface area contributed by atoms with Crippen LogP contribution in [0.15, 0.2) is 0 Å². The van der Waals surface area contributed by atoms with Crippen LogP contribution in [0.5, 0.6) is 0 Å². The highest BCUT2D eigenvalue weighted by molar-refractivity contribution is 7.99. The normalized spacial score (nSPS) is 19.2. The maximum absolute atomic E-state index is 9.98. The first-order valence-corrected chi connectivity index (χ1v) is 9.61. The summed E-state index contributed by atoms with van der Waals surface area (Å²) in [6.07, 6.45) is 8.08. The number of aliphatic hydroxyl groups is 1. The molecule has 0 unspecified atom stereocenters. The van der Waals surface area contributed by atoms with E-state index in [4.69, 9.17) is 0 Å². The molecule has 1 fully saturated rings. The van der Waals surface area contributed by atoms with E-state index < -0.39 is 0 Å². The monoisotopic (exact) mass is 301 g/mol. The third-order valence-electron chi connectivity index (χ3n) is 4.08. The highest BCUT2D eigenvalue weighted by Crippen LogP contribution is 2.22. The highest BCUT2D eigenvalue weighted by Gasteiger charge is 2.12. The van der Waals surface area contributed by atoms with Gasteiger partial charge in [0.05, 0.1) is 6.10 Å². The lowest BCUT2D eigenvalue weighted by atomic mass is 9.89. The van der Waals surface area contributed by atoms with E-state index in [1.807, 2.05) is 0 Å². The Kier molecular flexibility index (Phi) is 9.23. The molecule has 0 amide bonds. The largest absolute Gasteiger partial charge is 0.393 e. The molecule has 0 bridgehead atoms. The lowest BCUT2D eigenvalue weighted by Gasteiger charge is -2.26. The number of aliphatic hydroxyl groups excluding tert-OH is 1. The molecule has 2 nitrogen and oxygen atoms in total. The standard InChI is InChI=1S/C17H35NOS/c1-17(2,3)10-7-9-16(19)8-5-4-6-11-18-12-14-20-15-13-18/h16,19H,4-15H2,1-3H3/t16-/m1/s1. The van der Waals surface area contributed by atoms with Gasteiger partial charge in [0.1, 0.15) is 0 Å². The minimum Gasteiger partial charge on any atom is -0.393 e. The van der Waals surface area contributed by atoms with E-state index in [1.165, 1.54) is 56.8 Å². The predicted octanol–water partition coefficient (Wildman–Crippen LogP) is 4.17. The van der Waals surface area contributed by atoms with Gasteiger partial charge in [0.2, 0.25) is 0 Å². The number of thioether (sulfide) groups is 1. The van der Waals surface area contributed by atoms with Crippen LogP contribution in [0.1, 0.15) is 65.7 Å². The molecule has 1 N–H and O–H groups in total. The van der Waals surface area contributed by atoms with Crippen molar-refractivity contribution in [3.63, 3.8) is 0 Å². The van der Waals surface area contributed by atoms with Gasteiger partial charge in [0, 0.05) is 24.6 Å². The van der Waals surface area contributed by atoms with Crippen molar-refractivity contribution in [3.05, 3.63) is 0 Å². The van der Waals surface area contributed by atoms with Crippen LogP contribution >= 0.6 is 11.8 Å². The second-order valence-corrected chi connectivity index (χ2v) is 8.63. The van der Waals surface area contributed by atoms with Crippen LogP contribution < -0.4 is 0 Å². The molecule has 1 rings (SSSR count). The number of rotatable bonds is 9. The van der Waals surface area contributed by atoms with Crippen LogP contribution in [0.2, 0.25) is 0 Å². The van der Waals surface area contributed by atoms with Crippen molar-refractivity contribution in [3.8, 4) is 0 Å². The number of nitrogens with zero attached hydrogens (tertiary/aromatic N) is 1. The topological polar surface area (TPSA) is 23.5 Å². The molecule has 1 aliphatic rings. The Balaban J connectivity index is 1.89. The average Bonchev–Trinajstić information content (AvgIpc) is 2.38. The Morgan fingerprint density at radius 1 is 1.00 bits per heavy atom. The van der Waals surface area contributed by atoms with Gasteiger partial charge in [-0.2, -0.15) is 11.8 Å². The lowest BCUT2D eigenvalue weighted by molar-refractivity contribution is 0.142. The zero-order chi connectivity index (χ0) is 14.8. The van der Waals surface area contributed by atoms with Crippen molar-refractivity contribution in [2.75, 3.05) is 31.1 Å². The van der Waals surface area contributed by atoms with Gasteiger partial charge >= 0.3 is 0 Å². The van der Waals surface area contributed by atoms with E-state index in [2.05, 4.69) is 37.4 Å². The van der Waals surface area contributed by atoms with Gasteiger partial charge in [0.25, 0.3) is 0 Å². The first-order valence-electron chi connectivity index (χ1n) is 8.45. The predicted molar refractivity (Wildman–Crippen MR) is 91.5 cm³/mol. The van der Waals surface area contributed by atoms with Crippen LogP contribution in [0.3, 0.4) is 0 Å². The summed E-state index contributed by atoms with van der Waals surface area (Å²) in [5.74, 6) is 2.62. The summed E-state index contributed by atoms with van der Waals surface area (Å²) in [6, 6.07) is 0. The van der Waals surface area contributed by atoms with Gasteiger partial charge in [-0.15, -0.1) is 0 Å². The van der Waals surface area contributed by atoms with Crippen molar-refractivity contribution < 1.29 is 5.11 Å². The van der Waals surface area contributed by atoms with Crippen LogP contribution in [-0.4, -0.2) is 47.3 Å². The average molecular weight is 302 g/mol. The second kappa shape index (κ2) is 10.1. The molecule has 0 saturated carbocycles. The zero-order valence-corrected chi connectivity index (χ0v) is 14.7. The molecular formula is C17H35NOS. The molecule has 1 atom stereocenters. The molecule has 3 heteroatoms. The molecule has 120 valence electrons. The summed E-state index contributed by atoms with van der Waals surface area (Å²) in [7, 11) is 0. The van der Waals surface area contributed by atoms with Crippen molar-refractivity contribution >= 4 is 11.8 Å². The maximum Gasteiger partial charge on any atom is 0.0540 e. The summed E-state index contributed by atoms with van der Waals surface area (Å²) in [6.45, 7) is 10.6. The molecule has 0 aliphatic carbocycles. The Bertz CT molecular complexity index is 234. The fourth-order valence-corrected chi connectivity index (χ4v) is 3.71. The summed E-state index contributed by atoms with van der Waals surface area (Å²) < 4.78 is 0. The van der Waals surface area contributed by atoms with E-state index in [9.17, 15) is 5.11 Å². The molecular weight excluding hydrogens is 266 g/mol. The second-order valence-electron chi connectivity index (χ2n) is 7.41. The first kappa shape index (κ1) is 18.3. The fraction of sp³-hybridized carbons (Fsp3) is 1.00. The van der Waals surface area contributed by atoms with Gasteiger partial charge in [-0.1, -0.05) is 40.0 Å².